The van der Waals surface area contributed by atoms with Gasteiger partial charge >= 0.3 is 0 Å². The number of carbonyl (C=O) groups is 1. The highest BCUT2D eigenvalue weighted by atomic mass is 19.1. The average molecular weight is 428 g/mol. The van der Waals surface area contributed by atoms with Crippen LogP contribution < -0.4 is 5.56 Å². The normalized spacial score (nSPS) is 15.9. The Kier molecular flexibility index (Phi) is 5.51. The van der Waals surface area contributed by atoms with Gasteiger partial charge in [0.1, 0.15) is 23.8 Å². The van der Waals surface area contributed by atoms with Gasteiger partial charge in [-0.05, 0) is 31.0 Å². The molecule has 3 heterocycles. The first kappa shape index (κ1) is 20.7. The van der Waals surface area contributed by atoms with E-state index in [-0.39, 0.29) is 18.2 Å². The van der Waals surface area contributed by atoms with E-state index in [0.717, 1.165) is 0 Å². The van der Waals surface area contributed by atoms with Gasteiger partial charge in [-0.1, -0.05) is 6.07 Å². The molecule has 1 unspecified atom stereocenters. The van der Waals surface area contributed by atoms with Crippen LogP contribution in [0.5, 0.6) is 5.75 Å². The van der Waals surface area contributed by atoms with Crippen molar-refractivity contribution in [2.45, 2.75) is 25.8 Å². The van der Waals surface area contributed by atoms with Crippen molar-refractivity contribution in [3.8, 4) is 11.4 Å². The Balaban J connectivity index is 1.65. The third-order valence-electron chi connectivity index (χ3n) is 5.18. The van der Waals surface area contributed by atoms with E-state index in [4.69, 9.17) is 4.74 Å². The van der Waals surface area contributed by atoms with Crippen molar-refractivity contribution >= 4 is 5.91 Å². The van der Waals surface area contributed by atoms with E-state index in [1.807, 2.05) is 0 Å². The number of H-pyrrole nitrogens is 1. The third-order valence-corrected chi connectivity index (χ3v) is 5.18. The lowest BCUT2D eigenvalue weighted by atomic mass is 10.1. The molecule has 1 aliphatic rings. The smallest absolute Gasteiger partial charge is 0.293 e. The summed E-state index contributed by atoms with van der Waals surface area (Å²) in [4.78, 5) is 37.3. The van der Waals surface area contributed by atoms with Crippen LogP contribution in [0.1, 0.15) is 40.0 Å². The van der Waals surface area contributed by atoms with E-state index >= 15 is 0 Å². The van der Waals surface area contributed by atoms with Gasteiger partial charge in [-0.15, -0.1) is 0 Å². The minimum atomic E-state index is -0.783. The molecule has 0 radical (unpaired) electrons. The molecule has 1 aromatic carbocycles. The van der Waals surface area contributed by atoms with Crippen molar-refractivity contribution in [3.05, 3.63) is 63.6 Å². The fourth-order valence-electron chi connectivity index (χ4n) is 3.49. The first-order chi connectivity index (χ1) is 14.8. The molecule has 2 aromatic heterocycles. The molecule has 11 heteroatoms. The molecule has 0 aliphatic carbocycles. The summed E-state index contributed by atoms with van der Waals surface area (Å²) < 4.78 is 20.7. The summed E-state index contributed by atoms with van der Waals surface area (Å²) in [6.07, 6.45) is 2.01. The van der Waals surface area contributed by atoms with Crippen LogP contribution in [0.2, 0.25) is 0 Å². The lowest BCUT2D eigenvalue weighted by molar-refractivity contribution is 0.0774. The largest absolute Gasteiger partial charge is 0.501 e. The summed E-state index contributed by atoms with van der Waals surface area (Å²) in [5, 5.41) is 14.3. The predicted molar refractivity (Wildman–Crippen MR) is 107 cm³/mol. The van der Waals surface area contributed by atoms with Crippen molar-refractivity contribution in [2.75, 3.05) is 20.3 Å². The number of halogens is 1. The summed E-state index contributed by atoms with van der Waals surface area (Å²) in [6.45, 7) is 2.70. The summed E-state index contributed by atoms with van der Waals surface area (Å²) in [5.74, 6) is -1.14. The van der Waals surface area contributed by atoms with Crippen LogP contribution in [0.4, 0.5) is 4.39 Å². The topological polar surface area (TPSA) is 126 Å². The van der Waals surface area contributed by atoms with Gasteiger partial charge in [0.25, 0.3) is 11.5 Å². The van der Waals surface area contributed by atoms with Crippen molar-refractivity contribution in [2.24, 2.45) is 0 Å². The maximum Gasteiger partial charge on any atom is 0.293 e. The molecule has 0 spiro atoms. The molecule has 0 bridgehead atoms. The molecule has 2 N–H and O–H groups in total. The Morgan fingerprint density at radius 1 is 1.45 bits per heavy atom. The first-order valence-electron chi connectivity index (χ1n) is 9.67. The Morgan fingerprint density at radius 3 is 2.94 bits per heavy atom. The van der Waals surface area contributed by atoms with Crippen LogP contribution in [0, 0.1) is 12.7 Å². The van der Waals surface area contributed by atoms with E-state index in [0.29, 0.717) is 42.5 Å². The Morgan fingerprint density at radius 2 is 2.26 bits per heavy atom. The SMILES string of the molecule is Cc1ncnn1-c1cc(F)ccc1CN(C)C(=O)c1nc(C2CCOC2)[nH]c(=O)c1O. The Hall–Kier alpha value is -3.60. The van der Waals surface area contributed by atoms with Gasteiger partial charge in [-0.3, -0.25) is 9.59 Å². The van der Waals surface area contributed by atoms with E-state index in [9.17, 15) is 19.1 Å². The third kappa shape index (κ3) is 4.04. The number of hydrogen-bond donors (Lipinski definition) is 2. The number of rotatable bonds is 5. The van der Waals surface area contributed by atoms with Crippen LogP contribution in [0.25, 0.3) is 5.69 Å². The number of hydrogen-bond acceptors (Lipinski definition) is 7. The summed E-state index contributed by atoms with van der Waals surface area (Å²) in [6, 6.07) is 4.13. The fourth-order valence-corrected chi connectivity index (χ4v) is 3.49. The summed E-state index contributed by atoms with van der Waals surface area (Å²) >= 11 is 0. The van der Waals surface area contributed by atoms with Gasteiger partial charge in [0.05, 0.1) is 12.3 Å². The van der Waals surface area contributed by atoms with E-state index in [2.05, 4.69) is 20.1 Å². The molecule has 162 valence electrons. The Bertz CT molecular complexity index is 1180. The molecule has 3 aromatic rings. The number of nitrogens with one attached hydrogen (secondary N) is 1. The molecule has 31 heavy (non-hydrogen) atoms. The van der Waals surface area contributed by atoms with Crippen LogP contribution >= 0.6 is 0 Å². The number of amides is 1. The number of nitrogens with zero attached hydrogens (tertiary/aromatic N) is 5. The molecule has 0 saturated carbocycles. The average Bonchev–Trinajstić information content (AvgIpc) is 3.42. The maximum absolute atomic E-state index is 13.9. The van der Waals surface area contributed by atoms with Crippen molar-refractivity contribution in [1.82, 2.24) is 29.6 Å². The highest BCUT2D eigenvalue weighted by Crippen LogP contribution is 2.24. The molecule has 1 amide bonds. The number of benzene rings is 1. The Labute approximate surface area is 176 Å². The van der Waals surface area contributed by atoms with Crippen molar-refractivity contribution in [3.63, 3.8) is 0 Å². The van der Waals surface area contributed by atoms with E-state index in [1.54, 1.807) is 13.0 Å². The van der Waals surface area contributed by atoms with Crippen LogP contribution in [0.15, 0.2) is 29.3 Å². The summed E-state index contributed by atoms with van der Waals surface area (Å²) in [5.41, 5.74) is -0.0933. The zero-order valence-electron chi connectivity index (χ0n) is 17.0. The fraction of sp³-hybridized carbons (Fsp3) is 0.350. The van der Waals surface area contributed by atoms with Crippen LogP contribution in [-0.4, -0.2) is 60.9 Å². The number of aryl methyl sites for hydroxylation is 1. The van der Waals surface area contributed by atoms with Gasteiger partial charge in [-0.2, -0.15) is 5.10 Å². The molecule has 4 rings (SSSR count). The molecular formula is C20H21FN6O4. The predicted octanol–water partition coefficient (Wildman–Crippen LogP) is 1.28. The highest BCUT2D eigenvalue weighted by Gasteiger charge is 2.26. The van der Waals surface area contributed by atoms with Crippen molar-refractivity contribution < 1.29 is 19.0 Å². The lowest BCUT2D eigenvalue weighted by Crippen LogP contribution is -2.30. The van der Waals surface area contributed by atoms with Crippen LogP contribution in [-0.2, 0) is 11.3 Å². The highest BCUT2D eigenvalue weighted by molar-refractivity contribution is 5.94. The minimum absolute atomic E-state index is 0.0591. The zero-order chi connectivity index (χ0) is 22.1. The number of ether oxygens (including phenoxy) is 1. The second kappa shape index (κ2) is 8.26. The monoisotopic (exact) mass is 428 g/mol. The first-order valence-corrected chi connectivity index (χ1v) is 9.67. The van der Waals surface area contributed by atoms with Gasteiger partial charge in [0.15, 0.2) is 5.69 Å². The van der Waals surface area contributed by atoms with Crippen LogP contribution in [0.3, 0.4) is 0 Å². The molecular weight excluding hydrogens is 407 g/mol. The standard InChI is InChI=1S/C20H21FN6O4/c1-11-22-10-23-27(11)15-7-14(21)4-3-12(15)8-26(2)20(30)16-17(28)19(29)25-18(24-16)13-5-6-31-9-13/h3-4,7,10,13,28H,5-6,8-9H2,1-2H3,(H,24,25,29). The van der Waals surface area contributed by atoms with Gasteiger partial charge in [-0.25, -0.2) is 19.0 Å². The van der Waals surface area contributed by atoms with Crippen molar-refractivity contribution in [1.29, 1.82) is 0 Å². The zero-order valence-corrected chi connectivity index (χ0v) is 17.0. The van der Waals surface area contributed by atoms with E-state index in [1.165, 1.54) is 35.1 Å². The molecule has 10 nitrogen and oxygen atoms in total. The van der Waals surface area contributed by atoms with E-state index < -0.39 is 23.0 Å². The molecule has 1 aliphatic heterocycles. The molecule has 1 saturated heterocycles. The molecule has 1 atom stereocenters. The number of aromatic nitrogens is 5. The molecule has 1 fully saturated rings. The quantitative estimate of drug-likeness (QED) is 0.627. The minimum Gasteiger partial charge on any atom is -0.501 e. The number of aromatic hydroxyl groups is 1. The number of aromatic amines is 1. The van der Waals surface area contributed by atoms with Gasteiger partial charge < -0.3 is 19.7 Å². The second-order valence-electron chi connectivity index (χ2n) is 7.36. The lowest BCUT2D eigenvalue weighted by Gasteiger charge is -2.20. The maximum atomic E-state index is 13.9. The van der Waals surface area contributed by atoms with Gasteiger partial charge in [0, 0.05) is 26.1 Å². The summed E-state index contributed by atoms with van der Waals surface area (Å²) in [7, 11) is 1.50. The van der Waals surface area contributed by atoms with Gasteiger partial charge in [0.2, 0.25) is 5.75 Å². The second-order valence-corrected chi connectivity index (χ2v) is 7.36. The number of carbonyl (C=O) groups excluding carboxylic acids is 1.